The van der Waals surface area contributed by atoms with Crippen LogP contribution in [0.5, 0.6) is 5.75 Å². The third kappa shape index (κ3) is 4.06. The smallest absolute Gasteiger partial charge is 0.319 e. The van der Waals surface area contributed by atoms with Crippen molar-refractivity contribution in [2.24, 2.45) is 0 Å². The van der Waals surface area contributed by atoms with Crippen molar-refractivity contribution in [3.8, 4) is 5.75 Å². The summed E-state index contributed by atoms with van der Waals surface area (Å²) in [7, 11) is 0. The van der Waals surface area contributed by atoms with Crippen molar-refractivity contribution in [2.75, 3.05) is 18.4 Å². The molecule has 2 N–H and O–H groups in total. The van der Waals surface area contributed by atoms with Gasteiger partial charge in [-0.3, -0.25) is 4.79 Å². The molecule has 1 fully saturated rings. The zero-order valence-electron chi connectivity index (χ0n) is 15.5. The highest BCUT2D eigenvalue weighted by Crippen LogP contribution is 2.20. The van der Waals surface area contributed by atoms with Crippen molar-refractivity contribution in [1.29, 1.82) is 0 Å². The Morgan fingerprint density at radius 1 is 1.18 bits per heavy atom. The highest BCUT2D eigenvalue weighted by Gasteiger charge is 2.30. The Kier molecular flexibility index (Phi) is 4.84. The maximum Gasteiger partial charge on any atom is 0.319 e. The Morgan fingerprint density at radius 2 is 1.96 bits per heavy atom. The van der Waals surface area contributed by atoms with Gasteiger partial charge in [-0.2, -0.15) is 0 Å². The zero-order chi connectivity index (χ0) is 19.5. The molecule has 8 heteroatoms. The monoisotopic (exact) mass is 379 g/mol. The molecule has 1 aliphatic rings. The van der Waals surface area contributed by atoms with Gasteiger partial charge < -0.3 is 24.7 Å². The summed E-state index contributed by atoms with van der Waals surface area (Å²) < 4.78 is 7.71. The lowest BCUT2D eigenvalue weighted by molar-refractivity contribution is -0.137. The number of nitrogens with zero attached hydrogens (tertiary/aromatic N) is 3. The Morgan fingerprint density at radius 3 is 2.71 bits per heavy atom. The molecule has 2 aromatic heterocycles. The predicted octanol–water partition coefficient (Wildman–Crippen LogP) is 2.27. The molecule has 144 valence electrons. The van der Waals surface area contributed by atoms with Crippen molar-refractivity contribution < 1.29 is 14.3 Å². The van der Waals surface area contributed by atoms with E-state index in [1.165, 1.54) is 0 Å². The minimum absolute atomic E-state index is 0.0263. The summed E-state index contributed by atoms with van der Waals surface area (Å²) in [6.45, 7) is 3.19. The summed E-state index contributed by atoms with van der Waals surface area (Å²) in [6.07, 6.45) is 5.54. The SMILES string of the molecule is CC(=O)N1CC(Oc2ccc(NC(=O)NCc3ccn4ccnc4c3)cc2)C1. The van der Waals surface area contributed by atoms with Crippen molar-refractivity contribution in [1.82, 2.24) is 19.6 Å². The fourth-order valence-electron chi connectivity index (χ4n) is 3.00. The first kappa shape index (κ1) is 17.8. The van der Waals surface area contributed by atoms with Gasteiger partial charge in [0.1, 0.15) is 17.5 Å². The van der Waals surface area contributed by atoms with E-state index in [-0.39, 0.29) is 18.0 Å². The van der Waals surface area contributed by atoms with Crippen LogP contribution in [0.3, 0.4) is 0 Å². The second-order valence-corrected chi connectivity index (χ2v) is 6.72. The van der Waals surface area contributed by atoms with E-state index >= 15 is 0 Å². The number of rotatable bonds is 5. The van der Waals surface area contributed by atoms with Crippen LogP contribution in [0.15, 0.2) is 55.0 Å². The fraction of sp³-hybridized carbons (Fsp3) is 0.250. The minimum Gasteiger partial charge on any atom is -0.487 e. The molecule has 3 heterocycles. The summed E-state index contributed by atoms with van der Waals surface area (Å²) in [6, 6.07) is 10.8. The van der Waals surface area contributed by atoms with Crippen molar-refractivity contribution in [3.63, 3.8) is 0 Å². The summed E-state index contributed by atoms with van der Waals surface area (Å²) in [4.78, 5) is 29.2. The molecule has 3 amide bonds. The van der Waals surface area contributed by atoms with E-state index in [1.54, 1.807) is 42.3 Å². The molecule has 0 atom stereocenters. The number of hydrogen-bond acceptors (Lipinski definition) is 4. The average Bonchev–Trinajstić information content (AvgIpc) is 3.11. The summed E-state index contributed by atoms with van der Waals surface area (Å²) in [5.41, 5.74) is 2.48. The molecular formula is C20H21N5O3. The lowest BCUT2D eigenvalue weighted by Gasteiger charge is -2.38. The molecule has 0 bridgehead atoms. The number of carbonyl (C=O) groups excluding carboxylic acids is 2. The van der Waals surface area contributed by atoms with Gasteiger partial charge in [0.15, 0.2) is 0 Å². The van der Waals surface area contributed by atoms with Crippen LogP contribution >= 0.6 is 0 Å². The predicted molar refractivity (Wildman–Crippen MR) is 104 cm³/mol. The lowest BCUT2D eigenvalue weighted by Crippen LogP contribution is -2.55. The molecular weight excluding hydrogens is 358 g/mol. The van der Waals surface area contributed by atoms with Gasteiger partial charge >= 0.3 is 6.03 Å². The van der Waals surface area contributed by atoms with E-state index in [0.717, 1.165) is 11.2 Å². The lowest BCUT2D eigenvalue weighted by atomic mass is 10.1. The molecule has 0 unspecified atom stereocenters. The molecule has 0 saturated carbocycles. The van der Waals surface area contributed by atoms with Crippen molar-refractivity contribution in [2.45, 2.75) is 19.6 Å². The van der Waals surface area contributed by atoms with Crippen LogP contribution < -0.4 is 15.4 Å². The van der Waals surface area contributed by atoms with Gasteiger partial charge in [0, 0.05) is 37.7 Å². The number of anilines is 1. The molecule has 1 saturated heterocycles. The minimum atomic E-state index is -0.284. The number of benzene rings is 1. The van der Waals surface area contributed by atoms with Crippen LogP contribution in [-0.4, -0.2) is 45.4 Å². The van der Waals surface area contributed by atoms with Gasteiger partial charge in [0.25, 0.3) is 0 Å². The summed E-state index contributed by atoms with van der Waals surface area (Å²) in [5.74, 6) is 0.780. The van der Waals surface area contributed by atoms with Gasteiger partial charge in [-0.1, -0.05) is 0 Å². The van der Waals surface area contributed by atoms with Gasteiger partial charge in [-0.05, 0) is 42.0 Å². The number of hydrogen-bond donors (Lipinski definition) is 2. The molecule has 1 aromatic carbocycles. The first-order valence-corrected chi connectivity index (χ1v) is 9.05. The van der Waals surface area contributed by atoms with Crippen molar-refractivity contribution in [3.05, 3.63) is 60.6 Å². The van der Waals surface area contributed by atoms with E-state index in [4.69, 9.17) is 4.74 Å². The van der Waals surface area contributed by atoms with E-state index in [0.29, 0.717) is 31.1 Å². The Balaban J connectivity index is 1.24. The standard InChI is InChI=1S/C20H21N5O3/c1-14(26)25-12-18(13-25)28-17-4-2-16(3-5-17)23-20(27)22-11-15-6-8-24-9-7-21-19(24)10-15/h2-10,18H,11-13H2,1H3,(H2,22,23,27). The normalized spacial score (nSPS) is 13.8. The third-order valence-corrected chi connectivity index (χ3v) is 4.62. The van der Waals surface area contributed by atoms with Gasteiger partial charge in [-0.15, -0.1) is 0 Å². The van der Waals surface area contributed by atoms with Crippen LogP contribution in [0.25, 0.3) is 5.65 Å². The Labute approximate surface area is 162 Å². The number of fused-ring (bicyclic) bond motifs is 1. The van der Waals surface area contributed by atoms with Gasteiger partial charge in [-0.25, -0.2) is 9.78 Å². The molecule has 8 nitrogen and oxygen atoms in total. The van der Waals surface area contributed by atoms with E-state index in [1.807, 2.05) is 28.9 Å². The highest BCUT2D eigenvalue weighted by atomic mass is 16.5. The third-order valence-electron chi connectivity index (χ3n) is 4.62. The molecule has 0 radical (unpaired) electrons. The van der Waals surface area contributed by atoms with Gasteiger partial charge in [0.2, 0.25) is 5.91 Å². The molecule has 3 aromatic rings. The first-order valence-electron chi connectivity index (χ1n) is 9.05. The number of urea groups is 1. The van der Waals surface area contributed by atoms with Gasteiger partial charge in [0.05, 0.1) is 13.1 Å². The van der Waals surface area contributed by atoms with Crippen LogP contribution in [0, 0.1) is 0 Å². The number of imidazole rings is 1. The molecule has 0 aliphatic carbocycles. The van der Waals surface area contributed by atoms with Crippen LogP contribution in [-0.2, 0) is 11.3 Å². The number of aromatic nitrogens is 2. The van der Waals surface area contributed by atoms with E-state index < -0.39 is 0 Å². The summed E-state index contributed by atoms with van der Waals surface area (Å²) >= 11 is 0. The molecule has 0 spiro atoms. The second-order valence-electron chi connectivity index (χ2n) is 6.72. The molecule has 4 rings (SSSR count). The maximum atomic E-state index is 12.1. The number of nitrogens with one attached hydrogen (secondary N) is 2. The number of carbonyl (C=O) groups is 2. The fourth-order valence-corrected chi connectivity index (χ4v) is 3.00. The van der Waals surface area contributed by atoms with Crippen LogP contribution in [0.2, 0.25) is 0 Å². The quantitative estimate of drug-likeness (QED) is 0.712. The number of pyridine rings is 1. The highest BCUT2D eigenvalue weighted by molar-refractivity contribution is 5.89. The largest absolute Gasteiger partial charge is 0.487 e. The van der Waals surface area contributed by atoms with E-state index in [9.17, 15) is 9.59 Å². The van der Waals surface area contributed by atoms with E-state index in [2.05, 4.69) is 15.6 Å². The molecule has 1 aliphatic heterocycles. The Hall–Kier alpha value is -3.55. The number of likely N-dealkylation sites (tertiary alicyclic amines) is 1. The second kappa shape index (κ2) is 7.59. The topological polar surface area (TPSA) is 88.0 Å². The zero-order valence-corrected chi connectivity index (χ0v) is 15.5. The maximum absolute atomic E-state index is 12.1. The van der Waals surface area contributed by atoms with Crippen molar-refractivity contribution >= 4 is 23.3 Å². The summed E-state index contributed by atoms with van der Waals surface area (Å²) in [5, 5.41) is 5.62. The number of amides is 3. The van der Waals surface area contributed by atoms with Crippen LogP contribution in [0.4, 0.5) is 10.5 Å². The first-order chi connectivity index (χ1) is 13.6. The van der Waals surface area contributed by atoms with Crippen LogP contribution in [0.1, 0.15) is 12.5 Å². The Bertz CT molecular complexity index is 993. The molecule has 28 heavy (non-hydrogen) atoms. The average molecular weight is 379 g/mol. The number of ether oxygens (including phenoxy) is 1.